The molecule has 10 heteroatoms. The van der Waals surface area contributed by atoms with Crippen molar-refractivity contribution in [3.8, 4) is 0 Å². The Labute approximate surface area is 215 Å². The summed E-state index contributed by atoms with van der Waals surface area (Å²) in [6.45, 7) is 4.58. The average Bonchev–Trinajstić information content (AvgIpc) is 3.47. The summed E-state index contributed by atoms with van der Waals surface area (Å²) in [7, 11) is 0. The summed E-state index contributed by atoms with van der Waals surface area (Å²) in [4.78, 5) is 29.4. The van der Waals surface area contributed by atoms with E-state index in [0.717, 1.165) is 50.1 Å². The number of thiophene rings is 1. The molecule has 8 nitrogen and oxygen atoms in total. The predicted octanol–water partition coefficient (Wildman–Crippen LogP) is 5.07. The number of hydrogen-bond acceptors (Lipinski definition) is 7. The average molecular weight is 521 g/mol. The van der Waals surface area contributed by atoms with E-state index < -0.39 is 18.4 Å². The molecule has 1 aromatic heterocycles. The number of nitrogens with zero attached hydrogens (tertiary/aromatic N) is 2. The number of unbranched alkanes of at least 4 members (excludes halogenated alkanes) is 1. The molecule has 4 rings (SSSR count). The van der Waals surface area contributed by atoms with Gasteiger partial charge in [0.05, 0.1) is 33.7 Å². The van der Waals surface area contributed by atoms with Crippen LogP contribution in [0.1, 0.15) is 55.1 Å². The number of aliphatic hydroxyl groups excluding tert-OH is 1. The maximum atomic E-state index is 12.7. The number of nitrogens with one attached hydrogen (secondary N) is 2. The molecule has 3 N–H and O–H groups in total. The van der Waals surface area contributed by atoms with E-state index in [1.165, 1.54) is 17.8 Å². The Bertz CT molecular complexity index is 1030. The molecule has 3 heterocycles. The van der Waals surface area contributed by atoms with Gasteiger partial charge in [0.2, 0.25) is 0 Å². The molecule has 2 unspecified atom stereocenters. The summed E-state index contributed by atoms with van der Waals surface area (Å²) in [6.07, 6.45) is 4.53. The first-order valence-corrected chi connectivity index (χ1v) is 13.5. The van der Waals surface area contributed by atoms with Crippen LogP contribution in [0.2, 0.25) is 4.34 Å². The Morgan fingerprint density at radius 1 is 1.26 bits per heavy atom. The molecule has 0 aliphatic carbocycles. The topological polar surface area (TPSA) is 94.1 Å². The molecule has 0 radical (unpaired) electrons. The van der Waals surface area contributed by atoms with Crippen LogP contribution in [0.5, 0.6) is 0 Å². The van der Waals surface area contributed by atoms with E-state index >= 15 is 0 Å². The number of carbonyl (C=O) groups is 2. The molecule has 1 aromatic carbocycles. The molecule has 2 amide bonds. The van der Waals surface area contributed by atoms with Crippen LogP contribution in [0.15, 0.2) is 30.3 Å². The number of carbonyl (C=O) groups excluding carboxylic acids is 2. The predicted molar refractivity (Wildman–Crippen MR) is 141 cm³/mol. The molecule has 35 heavy (non-hydrogen) atoms. The molecule has 0 spiro atoms. The van der Waals surface area contributed by atoms with Crippen molar-refractivity contribution >= 4 is 52.0 Å². The number of aliphatic hydroxyl groups is 1. The van der Waals surface area contributed by atoms with Gasteiger partial charge < -0.3 is 25.4 Å². The fourth-order valence-corrected chi connectivity index (χ4v) is 5.40. The van der Waals surface area contributed by atoms with Crippen LogP contribution in [-0.4, -0.2) is 55.6 Å². The summed E-state index contributed by atoms with van der Waals surface area (Å²) in [5, 5.41) is 16.6. The van der Waals surface area contributed by atoms with Gasteiger partial charge in [-0.15, -0.1) is 11.3 Å². The van der Waals surface area contributed by atoms with Crippen LogP contribution in [0.25, 0.3) is 0 Å². The number of rotatable bonds is 10. The van der Waals surface area contributed by atoms with Gasteiger partial charge in [-0.25, -0.2) is 4.79 Å². The monoisotopic (exact) mass is 520 g/mol. The third kappa shape index (κ3) is 6.59. The molecule has 0 bridgehead atoms. The van der Waals surface area contributed by atoms with Gasteiger partial charge in [0.1, 0.15) is 12.3 Å². The summed E-state index contributed by atoms with van der Waals surface area (Å²) in [6, 6.07) is 9.19. The quantitative estimate of drug-likeness (QED) is 0.379. The molecular formula is C25H33ClN4O4S. The van der Waals surface area contributed by atoms with Crippen molar-refractivity contribution < 1.29 is 19.4 Å². The number of piperidine rings is 1. The lowest BCUT2D eigenvalue weighted by Gasteiger charge is -2.32. The Kier molecular flexibility index (Phi) is 8.75. The van der Waals surface area contributed by atoms with Crippen LogP contribution in [0.4, 0.5) is 21.9 Å². The van der Waals surface area contributed by atoms with Crippen molar-refractivity contribution in [2.75, 3.05) is 41.3 Å². The van der Waals surface area contributed by atoms with E-state index in [9.17, 15) is 14.7 Å². The van der Waals surface area contributed by atoms with E-state index in [4.69, 9.17) is 16.3 Å². The number of hydrogen-bond donors (Lipinski definition) is 3. The number of cyclic esters (lactones) is 1. The summed E-state index contributed by atoms with van der Waals surface area (Å²) < 4.78 is 6.06. The van der Waals surface area contributed by atoms with Crippen LogP contribution in [0.3, 0.4) is 0 Å². The fraction of sp³-hybridized carbons (Fsp3) is 0.520. The van der Waals surface area contributed by atoms with Crippen molar-refractivity contribution in [1.29, 1.82) is 0 Å². The maximum Gasteiger partial charge on any atom is 0.414 e. The zero-order valence-electron chi connectivity index (χ0n) is 20.0. The molecule has 0 saturated carbocycles. The number of ether oxygens (including phenoxy) is 1. The first kappa shape index (κ1) is 25.6. The summed E-state index contributed by atoms with van der Waals surface area (Å²) in [5.41, 5.74) is 2.54. The third-order valence-electron chi connectivity index (χ3n) is 6.30. The molecular weight excluding hydrogens is 488 g/mol. The van der Waals surface area contributed by atoms with E-state index in [-0.39, 0.29) is 12.5 Å². The van der Waals surface area contributed by atoms with Gasteiger partial charge in [0.25, 0.3) is 5.91 Å². The molecule has 2 atom stereocenters. The van der Waals surface area contributed by atoms with Gasteiger partial charge in [-0.1, -0.05) is 24.9 Å². The first-order chi connectivity index (χ1) is 16.9. The molecule has 2 aliphatic rings. The smallest absolute Gasteiger partial charge is 0.414 e. The fourth-order valence-electron chi connectivity index (χ4n) is 4.44. The maximum absolute atomic E-state index is 12.7. The van der Waals surface area contributed by atoms with E-state index in [1.807, 2.05) is 18.2 Å². The standard InChI is InChI=1S/C25H33ClN4O4S/c1-2-3-7-23(31)28-19-14-17(8-9-20(19)29-12-5-4-6-13-29)30-16-18(34-25(30)33)15-27-24(32)21-10-11-22(26)35-21/h8-11,14,18,23,28,31H,2-7,12-13,15-16H2,1H3,(H,27,32). The van der Waals surface area contributed by atoms with Crippen LogP contribution in [-0.2, 0) is 4.74 Å². The first-order valence-electron chi connectivity index (χ1n) is 12.3. The summed E-state index contributed by atoms with van der Waals surface area (Å²) >= 11 is 7.11. The van der Waals surface area contributed by atoms with E-state index in [0.29, 0.717) is 27.9 Å². The number of benzene rings is 1. The van der Waals surface area contributed by atoms with Gasteiger partial charge in [-0.05, 0) is 62.4 Å². The SMILES string of the molecule is CCCCC(O)Nc1cc(N2CC(CNC(=O)c3ccc(Cl)s3)OC2=O)ccc1N1CCCCC1. The number of halogens is 1. The van der Waals surface area contributed by atoms with Crippen molar-refractivity contribution in [1.82, 2.24) is 5.32 Å². The van der Waals surface area contributed by atoms with E-state index in [2.05, 4.69) is 22.5 Å². The number of anilines is 3. The Hall–Kier alpha value is -2.49. The Balaban J connectivity index is 1.45. The van der Waals surface area contributed by atoms with Crippen molar-refractivity contribution in [2.45, 2.75) is 57.8 Å². The van der Waals surface area contributed by atoms with Crippen LogP contribution >= 0.6 is 22.9 Å². The Morgan fingerprint density at radius 2 is 2.06 bits per heavy atom. The highest BCUT2D eigenvalue weighted by atomic mass is 35.5. The molecule has 2 saturated heterocycles. The van der Waals surface area contributed by atoms with Crippen molar-refractivity contribution in [3.05, 3.63) is 39.5 Å². The second kappa shape index (κ2) is 12.0. The lowest BCUT2D eigenvalue weighted by Crippen LogP contribution is -2.34. The van der Waals surface area contributed by atoms with Gasteiger partial charge in [0, 0.05) is 18.8 Å². The minimum absolute atomic E-state index is 0.212. The lowest BCUT2D eigenvalue weighted by atomic mass is 10.1. The van der Waals surface area contributed by atoms with Crippen molar-refractivity contribution in [3.63, 3.8) is 0 Å². The highest BCUT2D eigenvalue weighted by Crippen LogP contribution is 2.34. The van der Waals surface area contributed by atoms with Gasteiger partial charge in [-0.3, -0.25) is 9.69 Å². The van der Waals surface area contributed by atoms with Gasteiger partial charge in [0.15, 0.2) is 0 Å². The minimum Gasteiger partial charge on any atom is -0.442 e. The minimum atomic E-state index is -0.659. The largest absolute Gasteiger partial charge is 0.442 e. The van der Waals surface area contributed by atoms with Crippen molar-refractivity contribution in [2.24, 2.45) is 0 Å². The van der Waals surface area contributed by atoms with Crippen LogP contribution < -0.4 is 20.4 Å². The lowest BCUT2D eigenvalue weighted by molar-refractivity contribution is 0.0920. The molecule has 2 aliphatic heterocycles. The number of amides is 2. The van der Waals surface area contributed by atoms with E-state index in [1.54, 1.807) is 17.0 Å². The second-order valence-corrected chi connectivity index (χ2v) is 10.7. The third-order valence-corrected chi connectivity index (χ3v) is 7.53. The molecule has 2 fully saturated rings. The molecule has 2 aromatic rings. The van der Waals surface area contributed by atoms with Gasteiger partial charge in [-0.2, -0.15) is 0 Å². The highest BCUT2D eigenvalue weighted by molar-refractivity contribution is 7.18. The highest BCUT2D eigenvalue weighted by Gasteiger charge is 2.33. The zero-order valence-corrected chi connectivity index (χ0v) is 21.5. The summed E-state index contributed by atoms with van der Waals surface area (Å²) in [5.74, 6) is -0.241. The van der Waals surface area contributed by atoms with Crippen LogP contribution in [0, 0.1) is 0 Å². The molecule has 190 valence electrons. The normalized spacial score (nSPS) is 18.9. The Morgan fingerprint density at radius 3 is 2.77 bits per heavy atom. The second-order valence-electron chi connectivity index (χ2n) is 8.98. The zero-order chi connectivity index (χ0) is 24.8. The van der Waals surface area contributed by atoms with Gasteiger partial charge >= 0.3 is 6.09 Å².